The van der Waals surface area contributed by atoms with E-state index in [2.05, 4.69) is 31.4 Å². The van der Waals surface area contributed by atoms with E-state index in [1.165, 1.54) is 29.5 Å². The fourth-order valence-corrected chi connectivity index (χ4v) is 3.62. The van der Waals surface area contributed by atoms with Crippen molar-refractivity contribution in [3.05, 3.63) is 99.6 Å². The van der Waals surface area contributed by atoms with Crippen LogP contribution in [0.25, 0.3) is 11.3 Å². The average molecular weight is 496 g/mol. The lowest BCUT2D eigenvalue weighted by Gasteiger charge is -2.05. The van der Waals surface area contributed by atoms with Crippen LogP contribution in [0.15, 0.2) is 87.8 Å². The van der Waals surface area contributed by atoms with Crippen molar-refractivity contribution in [1.82, 2.24) is 4.98 Å². The SMILES string of the molecule is O=C(Oc1cccc(/C=N\Nc2nc(-c3ccc(Br)cc3)cs2)c1)c1ccccc1F. The largest absolute Gasteiger partial charge is 0.423 e. The van der Waals surface area contributed by atoms with E-state index in [1.807, 2.05) is 29.6 Å². The molecule has 154 valence electrons. The third-order valence-corrected chi connectivity index (χ3v) is 5.46. The van der Waals surface area contributed by atoms with E-state index in [1.54, 1.807) is 36.5 Å². The zero-order valence-electron chi connectivity index (χ0n) is 16.0. The van der Waals surface area contributed by atoms with E-state index in [0.29, 0.717) is 16.4 Å². The summed E-state index contributed by atoms with van der Waals surface area (Å²) in [5, 5.41) is 6.79. The lowest BCUT2D eigenvalue weighted by Crippen LogP contribution is -2.10. The monoisotopic (exact) mass is 495 g/mol. The third kappa shape index (κ3) is 5.42. The fraction of sp³-hybridized carbons (Fsp3) is 0. The first-order valence-corrected chi connectivity index (χ1v) is 10.8. The first-order chi connectivity index (χ1) is 15.1. The molecule has 0 saturated heterocycles. The summed E-state index contributed by atoms with van der Waals surface area (Å²) >= 11 is 4.86. The van der Waals surface area contributed by atoms with Gasteiger partial charge in [0.15, 0.2) is 0 Å². The molecule has 0 aliphatic heterocycles. The van der Waals surface area contributed by atoms with Gasteiger partial charge in [-0.05, 0) is 42.0 Å². The summed E-state index contributed by atoms with van der Waals surface area (Å²) in [6.07, 6.45) is 1.58. The van der Waals surface area contributed by atoms with Gasteiger partial charge in [0.2, 0.25) is 5.13 Å². The highest BCUT2D eigenvalue weighted by Crippen LogP contribution is 2.26. The normalized spacial score (nSPS) is 10.9. The molecule has 1 N–H and O–H groups in total. The molecule has 0 atom stereocenters. The van der Waals surface area contributed by atoms with Crippen molar-refractivity contribution in [3.63, 3.8) is 0 Å². The van der Waals surface area contributed by atoms with Crippen LogP contribution >= 0.6 is 27.3 Å². The van der Waals surface area contributed by atoms with Gasteiger partial charge < -0.3 is 4.74 Å². The first kappa shape index (κ1) is 20.9. The second-order valence-corrected chi connectivity index (χ2v) is 8.13. The number of esters is 1. The van der Waals surface area contributed by atoms with Gasteiger partial charge in [0.1, 0.15) is 11.6 Å². The Morgan fingerprint density at radius 2 is 1.90 bits per heavy atom. The molecule has 0 aliphatic rings. The molecule has 3 aromatic carbocycles. The summed E-state index contributed by atoms with van der Waals surface area (Å²) in [5.74, 6) is -1.09. The van der Waals surface area contributed by atoms with Crippen molar-refractivity contribution in [2.24, 2.45) is 5.10 Å². The van der Waals surface area contributed by atoms with Crippen LogP contribution in [0.4, 0.5) is 9.52 Å². The van der Waals surface area contributed by atoms with Gasteiger partial charge in [-0.2, -0.15) is 5.10 Å². The van der Waals surface area contributed by atoms with E-state index >= 15 is 0 Å². The maximum Gasteiger partial charge on any atom is 0.346 e. The second kappa shape index (κ2) is 9.63. The highest BCUT2D eigenvalue weighted by atomic mass is 79.9. The number of thiazole rings is 1. The maximum absolute atomic E-state index is 13.7. The molecule has 4 rings (SSSR count). The number of nitrogens with one attached hydrogen (secondary N) is 1. The van der Waals surface area contributed by atoms with Gasteiger partial charge in [-0.3, -0.25) is 5.43 Å². The molecule has 0 aliphatic carbocycles. The van der Waals surface area contributed by atoms with E-state index in [9.17, 15) is 9.18 Å². The highest BCUT2D eigenvalue weighted by molar-refractivity contribution is 9.10. The minimum absolute atomic E-state index is 0.117. The number of benzene rings is 3. The van der Waals surface area contributed by atoms with Crippen LogP contribution in [0.1, 0.15) is 15.9 Å². The number of hydrogen-bond donors (Lipinski definition) is 1. The summed E-state index contributed by atoms with van der Waals surface area (Å²) in [5.41, 5.74) is 5.36. The Morgan fingerprint density at radius 3 is 2.71 bits per heavy atom. The van der Waals surface area contributed by atoms with Crippen molar-refractivity contribution in [2.75, 3.05) is 5.43 Å². The lowest BCUT2D eigenvalue weighted by molar-refractivity contribution is 0.0730. The van der Waals surface area contributed by atoms with Gasteiger partial charge in [-0.15, -0.1) is 11.3 Å². The molecule has 0 unspecified atom stereocenters. The summed E-state index contributed by atoms with van der Waals surface area (Å²) in [6, 6.07) is 20.4. The predicted molar refractivity (Wildman–Crippen MR) is 124 cm³/mol. The molecule has 1 heterocycles. The highest BCUT2D eigenvalue weighted by Gasteiger charge is 2.13. The Balaban J connectivity index is 1.39. The molecule has 5 nitrogen and oxygen atoms in total. The van der Waals surface area contributed by atoms with Crippen LogP contribution in [0, 0.1) is 5.82 Å². The van der Waals surface area contributed by atoms with Gasteiger partial charge in [0.05, 0.1) is 17.5 Å². The zero-order chi connectivity index (χ0) is 21.6. The van der Waals surface area contributed by atoms with Crippen molar-refractivity contribution < 1.29 is 13.9 Å². The summed E-state index contributed by atoms with van der Waals surface area (Å²) in [4.78, 5) is 16.7. The molecular weight excluding hydrogens is 481 g/mol. The molecule has 31 heavy (non-hydrogen) atoms. The third-order valence-electron chi connectivity index (χ3n) is 4.18. The molecule has 4 aromatic rings. The number of rotatable bonds is 6. The summed E-state index contributed by atoms with van der Waals surface area (Å²) in [7, 11) is 0. The molecule has 0 spiro atoms. The van der Waals surface area contributed by atoms with Gasteiger partial charge in [0.25, 0.3) is 0 Å². The predicted octanol–water partition coefficient (Wildman–Crippen LogP) is 6.38. The molecule has 0 saturated carbocycles. The zero-order valence-corrected chi connectivity index (χ0v) is 18.4. The average Bonchev–Trinajstić information content (AvgIpc) is 3.24. The number of aromatic nitrogens is 1. The first-order valence-electron chi connectivity index (χ1n) is 9.16. The number of hydrazone groups is 1. The number of carbonyl (C=O) groups excluding carboxylic acids is 1. The molecule has 0 amide bonds. The molecular formula is C23H15BrFN3O2S. The molecule has 0 fully saturated rings. The van der Waals surface area contributed by atoms with E-state index in [4.69, 9.17) is 4.74 Å². The van der Waals surface area contributed by atoms with E-state index in [0.717, 1.165) is 15.7 Å². The standard InChI is InChI=1S/C23H15BrFN3O2S/c24-17-10-8-16(9-11-17)21-14-31-23(27-21)28-26-13-15-4-3-5-18(12-15)30-22(29)19-6-1-2-7-20(19)25/h1-14H,(H,27,28)/b26-13-. The van der Waals surface area contributed by atoms with Crippen molar-refractivity contribution in [3.8, 4) is 17.0 Å². The van der Waals surface area contributed by atoms with Crippen LogP contribution in [0.3, 0.4) is 0 Å². The number of ether oxygens (including phenoxy) is 1. The van der Waals surface area contributed by atoms with Gasteiger partial charge in [-0.1, -0.05) is 52.3 Å². The quantitative estimate of drug-likeness (QED) is 0.146. The smallest absolute Gasteiger partial charge is 0.346 e. The second-order valence-electron chi connectivity index (χ2n) is 6.36. The Hall–Kier alpha value is -3.36. The minimum Gasteiger partial charge on any atom is -0.423 e. The number of halogens is 2. The Morgan fingerprint density at radius 1 is 1.10 bits per heavy atom. The topological polar surface area (TPSA) is 63.6 Å². The van der Waals surface area contributed by atoms with Crippen LogP contribution in [-0.2, 0) is 0 Å². The van der Waals surface area contributed by atoms with Crippen LogP contribution in [-0.4, -0.2) is 17.2 Å². The number of nitrogens with zero attached hydrogens (tertiary/aromatic N) is 2. The van der Waals surface area contributed by atoms with E-state index < -0.39 is 11.8 Å². The van der Waals surface area contributed by atoms with Crippen molar-refractivity contribution in [1.29, 1.82) is 0 Å². The Bertz CT molecular complexity index is 1240. The molecule has 8 heteroatoms. The van der Waals surface area contributed by atoms with Crippen LogP contribution < -0.4 is 10.2 Å². The summed E-state index contributed by atoms with van der Waals surface area (Å²) in [6.45, 7) is 0. The number of hydrogen-bond acceptors (Lipinski definition) is 6. The number of anilines is 1. The van der Waals surface area contributed by atoms with Crippen molar-refractivity contribution in [2.45, 2.75) is 0 Å². The van der Waals surface area contributed by atoms with Gasteiger partial charge in [-0.25, -0.2) is 14.2 Å². The molecule has 0 radical (unpaired) electrons. The number of carbonyl (C=O) groups is 1. The van der Waals surface area contributed by atoms with Crippen LogP contribution in [0.2, 0.25) is 0 Å². The van der Waals surface area contributed by atoms with Gasteiger partial charge >= 0.3 is 5.97 Å². The lowest BCUT2D eigenvalue weighted by atomic mass is 10.2. The fourth-order valence-electron chi connectivity index (χ4n) is 2.69. The Kier molecular flexibility index (Phi) is 6.49. The van der Waals surface area contributed by atoms with Crippen molar-refractivity contribution >= 4 is 44.6 Å². The maximum atomic E-state index is 13.7. The van der Waals surface area contributed by atoms with Crippen LogP contribution in [0.5, 0.6) is 5.75 Å². The molecule has 0 bridgehead atoms. The minimum atomic E-state index is -0.756. The van der Waals surface area contributed by atoms with Gasteiger partial charge in [0, 0.05) is 15.4 Å². The van der Waals surface area contributed by atoms with E-state index in [-0.39, 0.29) is 5.56 Å². The summed E-state index contributed by atoms with van der Waals surface area (Å²) < 4.78 is 20.0. The Labute approximate surface area is 190 Å². The molecule has 1 aromatic heterocycles.